The van der Waals surface area contributed by atoms with Crippen LogP contribution in [0.2, 0.25) is 0 Å². The zero-order valence-electron chi connectivity index (χ0n) is 14.7. The Morgan fingerprint density at radius 1 is 1.30 bits per heavy atom. The molecule has 2 saturated heterocycles. The summed E-state index contributed by atoms with van der Waals surface area (Å²) in [6.07, 6.45) is -0.930. The second-order valence-electron chi connectivity index (χ2n) is 6.92. The number of carbonyl (C=O) groups is 1. The van der Waals surface area contributed by atoms with Gasteiger partial charge >= 0.3 is 13.3 Å². The van der Waals surface area contributed by atoms with Gasteiger partial charge in [-0.05, 0) is 12.1 Å². The van der Waals surface area contributed by atoms with Crippen molar-refractivity contribution in [2.45, 2.75) is 25.2 Å². The molecular weight excluding hydrogens is 368 g/mol. The summed E-state index contributed by atoms with van der Waals surface area (Å²) < 4.78 is 60.7. The minimum atomic E-state index is -3.14. The normalized spacial score (nSPS) is 31.7. The molecule has 148 valence electrons. The lowest BCUT2D eigenvalue weighted by Gasteiger charge is -2.32. The molecule has 3 fully saturated rings. The van der Waals surface area contributed by atoms with E-state index in [9.17, 15) is 18.0 Å². The van der Waals surface area contributed by atoms with Crippen molar-refractivity contribution in [3.8, 4) is 11.5 Å². The van der Waals surface area contributed by atoms with Gasteiger partial charge in [-0.15, -0.1) is 0 Å². The van der Waals surface area contributed by atoms with Gasteiger partial charge in [-0.25, -0.2) is 4.39 Å². The molecule has 2 aliphatic heterocycles. The first kappa shape index (κ1) is 18.4. The minimum Gasteiger partial charge on any atom is -0.505 e. The predicted octanol–water partition coefficient (Wildman–Crippen LogP) is -0.772. The summed E-state index contributed by atoms with van der Waals surface area (Å²) in [5.41, 5.74) is 0.282. The highest BCUT2D eigenvalue weighted by molar-refractivity contribution is 6.74. The zero-order chi connectivity index (χ0) is 19.2. The summed E-state index contributed by atoms with van der Waals surface area (Å²) in [6, 6.07) is 2.25. The Kier molecular flexibility index (Phi) is 4.69. The molecule has 1 aromatic rings. The number of fused-ring (bicyclic) bond motifs is 1. The molecule has 1 amide bonds. The molecule has 1 aromatic carbocycles. The molecule has 1 saturated carbocycles. The van der Waals surface area contributed by atoms with Crippen molar-refractivity contribution < 1.29 is 41.6 Å². The number of methoxy groups -OCH3 is 1. The molecule has 11 heteroatoms. The summed E-state index contributed by atoms with van der Waals surface area (Å²) in [7, 11) is 1.32. The van der Waals surface area contributed by atoms with Gasteiger partial charge in [0.05, 0.1) is 39.5 Å². The third-order valence-corrected chi connectivity index (χ3v) is 5.31. The van der Waals surface area contributed by atoms with Gasteiger partial charge in [0.15, 0.2) is 0 Å². The van der Waals surface area contributed by atoms with Gasteiger partial charge in [0.25, 0.3) is 5.91 Å². The van der Waals surface area contributed by atoms with Crippen molar-refractivity contribution in [1.82, 2.24) is 5.32 Å². The molecule has 2 N–H and O–H groups in total. The lowest BCUT2D eigenvalue weighted by molar-refractivity contribution is -0.781. The van der Waals surface area contributed by atoms with Crippen molar-refractivity contribution in [1.29, 1.82) is 0 Å². The van der Waals surface area contributed by atoms with E-state index in [2.05, 4.69) is 10.1 Å². The Hall–Kier alpha value is -1.98. The molecule has 7 nitrogen and oxygen atoms in total. The van der Waals surface area contributed by atoms with Crippen LogP contribution >= 0.6 is 0 Å². The molecule has 27 heavy (non-hydrogen) atoms. The van der Waals surface area contributed by atoms with Gasteiger partial charge in [0.2, 0.25) is 0 Å². The Labute approximate surface area is 153 Å². The van der Waals surface area contributed by atoms with Crippen molar-refractivity contribution in [3.63, 3.8) is 0 Å². The Morgan fingerprint density at radius 3 is 2.48 bits per heavy atom. The van der Waals surface area contributed by atoms with Crippen LogP contribution in [0.15, 0.2) is 12.1 Å². The van der Waals surface area contributed by atoms with Gasteiger partial charge in [-0.2, -0.15) is 8.78 Å². The van der Waals surface area contributed by atoms with E-state index in [0.717, 1.165) is 17.9 Å². The van der Waals surface area contributed by atoms with Gasteiger partial charge in [0, 0.05) is 6.42 Å². The third-order valence-electron chi connectivity index (χ3n) is 5.31. The van der Waals surface area contributed by atoms with Gasteiger partial charge in [-0.3, -0.25) is 4.79 Å². The lowest BCUT2D eigenvalue weighted by Crippen LogP contribution is -3.21. The summed E-state index contributed by atoms with van der Waals surface area (Å²) in [5.74, 6) is -1.04. The first-order chi connectivity index (χ1) is 12.9. The summed E-state index contributed by atoms with van der Waals surface area (Å²) >= 11 is 0. The van der Waals surface area contributed by atoms with E-state index in [1.165, 1.54) is 13.2 Å². The second-order valence-corrected chi connectivity index (χ2v) is 6.92. The smallest absolute Gasteiger partial charge is 0.501 e. The number of carbonyl (C=O) groups excluding carboxylic acids is 1. The van der Waals surface area contributed by atoms with Crippen LogP contribution in [0.25, 0.3) is 0 Å². The van der Waals surface area contributed by atoms with Crippen molar-refractivity contribution in [3.05, 3.63) is 17.7 Å². The number of amides is 1. The molecular formula is C16H20BF3N2O5. The Balaban J connectivity index is 1.75. The fourth-order valence-electron chi connectivity index (χ4n) is 3.89. The standard InChI is InChI=1S/C16H20BF3N2O5/c1-24-12-6-9(17-22(2-4-25-17)3-5-26-17)7-13(27-16(19)20)14(12)15(23)21-11-8-10(11)18/h6-7,10-11,16,22H,2-5,8H2,1H3,(H,21,23)/t10-,11+/m0/s1. The highest BCUT2D eigenvalue weighted by atomic mass is 19.3. The molecule has 0 unspecified atom stereocenters. The second kappa shape index (κ2) is 6.88. The topological polar surface area (TPSA) is 70.5 Å². The molecule has 1 aliphatic carbocycles. The van der Waals surface area contributed by atoms with E-state index < -0.39 is 31.4 Å². The molecule has 3 aliphatic rings. The van der Waals surface area contributed by atoms with Crippen LogP contribution in [0.5, 0.6) is 11.5 Å². The van der Waals surface area contributed by atoms with E-state index in [-0.39, 0.29) is 23.5 Å². The molecule has 0 aromatic heterocycles. The first-order valence-electron chi connectivity index (χ1n) is 8.84. The first-order valence-corrected chi connectivity index (χ1v) is 8.84. The zero-order valence-corrected chi connectivity index (χ0v) is 14.7. The number of alkyl halides is 3. The number of nitrogens with one attached hydrogen (secondary N) is 2. The quantitative estimate of drug-likeness (QED) is 0.627. The SMILES string of the molecule is COc1cc([B-]23OCC[NH+]2CCO3)cc(OC(F)F)c1C(=O)N[C@@H]1C[C@@H]1F. The molecule has 4 rings (SSSR count). The van der Waals surface area contributed by atoms with Crippen molar-refractivity contribution >= 4 is 18.1 Å². The molecule has 2 atom stereocenters. The largest absolute Gasteiger partial charge is 0.505 e. The maximum atomic E-state index is 13.1. The molecule has 0 spiro atoms. The number of halogens is 3. The van der Waals surface area contributed by atoms with Gasteiger partial charge in [-0.1, -0.05) is 5.46 Å². The van der Waals surface area contributed by atoms with E-state index in [1.807, 2.05) is 0 Å². The fourth-order valence-corrected chi connectivity index (χ4v) is 3.89. The molecule has 2 heterocycles. The highest BCUT2D eigenvalue weighted by Gasteiger charge is 2.52. The van der Waals surface area contributed by atoms with E-state index in [0.29, 0.717) is 18.7 Å². The van der Waals surface area contributed by atoms with E-state index >= 15 is 0 Å². The fraction of sp³-hybridized carbons (Fsp3) is 0.562. The third kappa shape index (κ3) is 3.23. The van der Waals surface area contributed by atoms with Crippen LogP contribution in [0.3, 0.4) is 0 Å². The van der Waals surface area contributed by atoms with Crippen molar-refractivity contribution in [2.75, 3.05) is 33.4 Å². The maximum absolute atomic E-state index is 13.1. The summed E-state index contributed by atoms with van der Waals surface area (Å²) in [5, 5.41) is 2.46. The van der Waals surface area contributed by atoms with Crippen LogP contribution in [0.4, 0.5) is 13.2 Å². The monoisotopic (exact) mass is 388 g/mol. The molecule has 0 radical (unpaired) electrons. The average Bonchev–Trinajstić information content (AvgIpc) is 3.00. The van der Waals surface area contributed by atoms with Crippen LogP contribution in [-0.2, 0) is 9.31 Å². The van der Waals surface area contributed by atoms with E-state index in [4.69, 9.17) is 14.0 Å². The predicted molar refractivity (Wildman–Crippen MR) is 88.4 cm³/mol. The minimum absolute atomic E-state index is 0.0401. The number of benzene rings is 1. The number of ether oxygens (including phenoxy) is 2. The maximum Gasteiger partial charge on any atom is 0.501 e. The highest BCUT2D eigenvalue weighted by Crippen LogP contribution is 2.32. The number of hydrogen-bond acceptors (Lipinski definition) is 5. The van der Waals surface area contributed by atoms with Gasteiger partial charge < -0.3 is 28.9 Å². The van der Waals surface area contributed by atoms with Crippen LogP contribution in [0, 0.1) is 0 Å². The lowest BCUT2D eigenvalue weighted by atomic mass is 9.63. The number of rotatable bonds is 6. The van der Waals surface area contributed by atoms with E-state index in [1.54, 1.807) is 6.07 Å². The average molecular weight is 388 g/mol. The van der Waals surface area contributed by atoms with Crippen LogP contribution in [-0.4, -0.2) is 64.8 Å². The van der Waals surface area contributed by atoms with Crippen LogP contribution in [0.1, 0.15) is 16.8 Å². The summed E-state index contributed by atoms with van der Waals surface area (Å²) in [4.78, 5) is 13.6. The molecule has 0 bridgehead atoms. The number of quaternary nitrogens is 1. The Morgan fingerprint density at radius 2 is 1.93 bits per heavy atom. The summed E-state index contributed by atoms with van der Waals surface area (Å²) in [6.45, 7) is -2.65. The number of hydrogen-bond donors (Lipinski definition) is 2. The van der Waals surface area contributed by atoms with Crippen LogP contribution < -0.4 is 25.1 Å². The van der Waals surface area contributed by atoms with Gasteiger partial charge in [0.1, 0.15) is 23.2 Å². The Bertz CT molecular complexity index is 743. The van der Waals surface area contributed by atoms with Crippen molar-refractivity contribution in [2.24, 2.45) is 0 Å².